The van der Waals surface area contributed by atoms with Crippen molar-refractivity contribution in [2.75, 3.05) is 31.1 Å². The summed E-state index contributed by atoms with van der Waals surface area (Å²) >= 11 is 0. The Hall–Kier alpha value is -2.53. The maximum absolute atomic E-state index is 13.1. The summed E-state index contributed by atoms with van der Waals surface area (Å²) in [6.45, 7) is 8.80. The monoisotopic (exact) mass is 368 g/mol. The molecule has 27 heavy (non-hydrogen) atoms. The average Bonchev–Trinajstić information content (AvgIpc) is 2.69. The van der Waals surface area contributed by atoms with E-state index >= 15 is 0 Å². The van der Waals surface area contributed by atoms with Crippen LogP contribution in [0.1, 0.15) is 42.8 Å². The molecule has 0 aliphatic carbocycles. The molecule has 0 unspecified atom stereocenters. The van der Waals surface area contributed by atoms with E-state index in [-0.39, 0.29) is 23.9 Å². The molecule has 1 saturated heterocycles. The Balaban J connectivity index is 1.80. The summed E-state index contributed by atoms with van der Waals surface area (Å²) in [5.41, 5.74) is 2.32. The molecule has 1 aliphatic heterocycles. The number of rotatable bonds is 5. The van der Waals surface area contributed by atoms with Gasteiger partial charge in [-0.05, 0) is 38.5 Å². The van der Waals surface area contributed by atoms with Crippen LogP contribution in [0, 0.1) is 0 Å². The maximum atomic E-state index is 13.1. The van der Waals surface area contributed by atoms with Gasteiger partial charge in [0.1, 0.15) is 11.9 Å². The number of amides is 1. The summed E-state index contributed by atoms with van der Waals surface area (Å²) < 4.78 is 6.04. The van der Waals surface area contributed by atoms with E-state index in [4.69, 9.17) is 4.74 Å². The third kappa shape index (κ3) is 4.25. The fourth-order valence-corrected chi connectivity index (χ4v) is 3.63. The summed E-state index contributed by atoms with van der Waals surface area (Å²) in [6, 6.07) is 15.3. The van der Waals surface area contributed by atoms with E-state index in [0.29, 0.717) is 18.7 Å². The number of phenols is 1. The zero-order valence-corrected chi connectivity index (χ0v) is 16.3. The fraction of sp³-hybridized carbons (Fsp3) is 0.409. The summed E-state index contributed by atoms with van der Waals surface area (Å²) in [5, 5.41) is 10.5. The van der Waals surface area contributed by atoms with E-state index in [9.17, 15) is 9.90 Å². The first-order chi connectivity index (χ1) is 13.0. The highest BCUT2D eigenvalue weighted by Crippen LogP contribution is 2.29. The number of hydrogen-bond donors (Lipinski definition) is 1. The number of anilines is 1. The van der Waals surface area contributed by atoms with Crippen molar-refractivity contribution in [1.29, 1.82) is 0 Å². The highest BCUT2D eigenvalue weighted by Gasteiger charge is 2.31. The van der Waals surface area contributed by atoms with Gasteiger partial charge >= 0.3 is 0 Å². The Kier molecular flexibility index (Phi) is 6.01. The number of phenolic OH excluding ortho intramolecular Hbond substituents is 1. The van der Waals surface area contributed by atoms with Gasteiger partial charge in [-0.3, -0.25) is 4.79 Å². The van der Waals surface area contributed by atoms with Crippen molar-refractivity contribution in [2.24, 2.45) is 0 Å². The quantitative estimate of drug-likeness (QED) is 0.871. The number of carbonyl (C=O) groups is 1. The molecule has 1 amide bonds. The minimum absolute atomic E-state index is 0.0276. The molecule has 1 heterocycles. The number of aromatic hydroxyl groups is 1. The highest BCUT2D eigenvalue weighted by molar-refractivity contribution is 5.97. The van der Waals surface area contributed by atoms with Gasteiger partial charge in [0.2, 0.25) is 0 Å². The van der Waals surface area contributed by atoms with Crippen molar-refractivity contribution in [1.82, 2.24) is 4.90 Å². The standard InChI is InChI=1S/C22H28N2O3/c1-4-23(5-2)18-11-12-19(20(25)13-18)22(26)24-14-16(3)27-21(15-24)17-9-7-6-8-10-17/h6-13,16,21,25H,4-5,14-15H2,1-3H3/t16-,21-/m1/s1. The van der Waals surface area contributed by atoms with Crippen molar-refractivity contribution in [3.05, 3.63) is 59.7 Å². The summed E-state index contributed by atoms with van der Waals surface area (Å²) in [7, 11) is 0. The number of hydrogen-bond acceptors (Lipinski definition) is 4. The molecule has 5 nitrogen and oxygen atoms in total. The molecular weight excluding hydrogens is 340 g/mol. The van der Waals surface area contributed by atoms with E-state index in [2.05, 4.69) is 18.7 Å². The molecule has 144 valence electrons. The van der Waals surface area contributed by atoms with Crippen LogP contribution in [-0.4, -0.2) is 48.2 Å². The van der Waals surface area contributed by atoms with Crippen LogP contribution < -0.4 is 4.90 Å². The smallest absolute Gasteiger partial charge is 0.257 e. The van der Waals surface area contributed by atoms with Crippen LogP contribution in [0.4, 0.5) is 5.69 Å². The summed E-state index contributed by atoms with van der Waals surface area (Å²) in [4.78, 5) is 17.0. The molecule has 0 saturated carbocycles. The van der Waals surface area contributed by atoms with Gasteiger partial charge in [0.05, 0.1) is 18.2 Å². The van der Waals surface area contributed by atoms with E-state index < -0.39 is 0 Å². The molecule has 1 N–H and O–H groups in total. The Morgan fingerprint density at radius 3 is 2.48 bits per heavy atom. The lowest BCUT2D eigenvalue weighted by molar-refractivity contribution is -0.0692. The Labute approximate surface area is 161 Å². The minimum Gasteiger partial charge on any atom is -0.507 e. The molecule has 2 aromatic carbocycles. The van der Waals surface area contributed by atoms with Gasteiger partial charge in [-0.2, -0.15) is 0 Å². The molecule has 0 spiro atoms. The number of ether oxygens (including phenoxy) is 1. The van der Waals surface area contributed by atoms with Gasteiger partial charge < -0.3 is 19.6 Å². The molecule has 0 aromatic heterocycles. The lowest BCUT2D eigenvalue weighted by Gasteiger charge is -2.37. The molecular formula is C22H28N2O3. The number of benzene rings is 2. The SMILES string of the molecule is CCN(CC)c1ccc(C(=O)N2C[C@@H](C)O[C@@H](c3ccccc3)C2)c(O)c1. The first-order valence-electron chi connectivity index (χ1n) is 9.61. The third-order valence-corrected chi connectivity index (χ3v) is 5.06. The summed E-state index contributed by atoms with van der Waals surface area (Å²) in [5.74, 6) is -0.130. The van der Waals surface area contributed by atoms with Crippen molar-refractivity contribution in [3.63, 3.8) is 0 Å². The predicted octanol–water partition coefficient (Wildman–Crippen LogP) is 3.84. The Morgan fingerprint density at radius 2 is 1.85 bits per heavy atom. The van der Waals surface area contributed by atoms with E-state index in [1.54, 1.807) is 17.0 Å². The predicted molar refractivity (Wildman–Crippen MR) is 107 cm³/mol. The number of carbonyl (C=O) groups excluding carboxylic acids is 1. The lowest BCUT2D eigenvalue weighted by Crippen LogP contribution is -2.46. The second-order valence-electron chi connectivity index (χ2n) is 6.93. The van der Waals surface area contributed by atoms with E-state index in [1.165, 1.54) is 0 Å². The van der Waals surface area contributed by atoms with E-state index in [1.807, 2.05) is 43.3 Å². The number of nitrogens with zero attached hydrogens (tertiary/aromatic N) is 2. The van der Waals surface area contributed by atoms with Gasteiger partial charge in [-0.1, -0.05) is 30.3 Å². The molecule has 2 aromatic rings. The van der Waals surface area contributed by atoms with Crippen LogP contribution in [-0.2, 0) is 4.74 Å². The number of morpholine rings is 1. The van der Waals surface area contributed by atoms with Crippen LogP contribution in [0.15, 0.2) is 48.5 Å². The van der Waals surface area contributed by atoms with Crippen molar-refractivity contribution in [3.8, 4) is 5.75 Å². The third-order valence-electron chi connectivity index (χ3n) is 5.06. The van der Waals surface area contributed by atoms with Crippen LogP contribution >= 0.6 is 0 Å². The Bertz CT molecular complexity index is 774. The first kappa shape index (κ1) is 19.2. The normalized spacial score (nSPS) is 19.7. The minimum atomic E-state index is -0.158. The average molecular weight is 368 g/mol. The topological polar surface area (TPSA) is 53.0 Å². The second kappa shape index (κ2) is 8.44. The van der Waals surface area contributed by atoms with Crippen LogP contribution in [0.3, 0.4) is 0 Å². The molecule has 0 radical (unpaired) electrons. The molecule has 5 heteroatoms. The van der Waals surface area contributed by atoms with E-state index in [0.717, 1.165) is 24.3 Å². The van der Waals surface area contributed by atoms with Gasteiger partial charge in [0.25, 0.3) is 5.91 Å². The molecule has 1 aliphatic rings. The fourth-order valence-electron chi connectivity index (χ4n) is 3.63. The van der Waals surface area contributed by atoms with Crippen LogP contribution in [0.5, 0.6) is 5.75 Å². The van der Waals surface area contributed by atoms with Crippen molar-refractivity contribution in [2.45, 2.75) is 33.0 Å². The first-order valence-corrected chi connectivity index (χ1v) is 9.61. The second-order valence-corrected chi connectivity index (χ2v) is 6.93. The molecule has 1 fully saturated rings. The summed E-state index contributed by atoms with van der Waals surface area (Å²) in [6.07, 6.45) is -0.221. The Morgan fingerprint density at radius 1 is 1.15 bits per heavy atom. The van der Waals surface area contributed by atoms with Gasteiger partial charge in [0.15, 0.2) is 0 Å². The zero-order chi connectivity index (χ0) is 19.4. The zero-order valence-electron chi connectivity index (χ0n) is 16.3. The van der Waals surface area contributed by atoms with Gasteiger partial charge in [-0.25, -0.2) is 0 Å². The molecule has 2 atom stereocenters. The van der Waals surface area contributed by atoms with Crippen molar-refractivity contribution < 1.29 is 14.6 Å². The lowest BCUT2D eigenvalue weighted by atomic mass is 10.0. The maximum Gasteiger partial charge on any atom is 0.257 e. The van der Waals surface area contributed by atoms with Crippen molar-refractivity contribution >= 4 is 11.6 Å². The highest BCUT2D eigenvalue weighted by atomic mass is 16.5. The van der Waals surface area contributed by atoms with Gasteiger partial charge in [0, 0.05) is 31.4 Å². The molecule has 0 bridgehead atoms. The van der Waals surface area contributed by atoms with Crippen LogP contribution in [0.2, 0.25) is 0 Å². The van der Waals surface area contributed by atoms with Gasteiger partial charge in [-0.15, -0.1) is 0 Å². The van der Waals surface area contributed by atoms with Crippen LogP contribution in [0.25, 0.3) is 0 Å². The molecule has 3 rings (SSSR count). The largest absolute Gasteiger partial charge is 0.507 e.